The van der Waals surface area contributed by atoms with Gasteiger partial charge in [-0.05, 0) is 79.1 Å². The van der Waals surface area contributed by atoms with Gasteiger partial charge in [-0.25, -0.2) is 9.97 Å². The Bertz CT molecular complexity index is 1960. The molecule has 6 nitrogen and oxygen atoms in total. The minimum Gasteiger partial charge on any atom is -0.394 e. The van der Waals surface area contributed by atoms with Crippen molar-refractivity contribution in [2.45, 2.75) is 59.8 Å². The predicted octanol–water partition coefficient (Wildman–Crippen LogP) is 7.88. The highest BCUT2D eigenvalue weighted by Gasteiger charge is 2.36. The number of benzene rings is 3. The first-order valence-electron chi connectivity index (χ1n) is 16.0. The van der Waals surface area contributed by atoms with Gasteiger partial charge in [0.25, 0.3) is 0 Å². The molecule has 3 aromatic carbocycles. The quantitative estimate of drug-likeness (QED) is 0.192. The van der Waals surface area contributed by atoms with Crippen molar-refractivity contribution in [3.8, 4) is 28.6 Å². The summed E-state index contributed by atoms with van der Waals surface area (Å²) < 4.78 is 4.58. The molecule has 0 radical (unpaired) electrons. The molecule has 0 saturated heterocycles. The summed E-state index contributed by atoms with van der Waals surface area (Å²) in [5.74, 6) is 2.75. The second kappa shape index (κ2) is 11.3. The number of imidazole rings is 2. The highest BCUT2D eigenvalue weighted by molar-refractivity contribution is 6.77. The molecule has 0 atom stereocenters. The fourth-order valence-electron chi connectivity index (χ4n) is 7.15. The standard InChI is InChI=1S/C38H41BN6/c1-24(2)30-12-9-13-31(25(3)4)36(30)44-20-18-41-38(44)33-16-15-29(42-33)22-28-14-17-34-32(23-28)37-40-19-21-45(37)39(43(34)7)35-26(5)10-8-11-27(35)6/h8-21,23-25,42H,22H2,1-7H3. The lowest BCUT2D eigenvalue weighted by Gasteiger charge is -2.36. The molecule has 226 valence electrons. The third kappa shape index (κ3) is 4.91. The first-order valence-corrected chi connectivity index (χ1v) is 16.0. The van der Waals surface area contributed by atoms with Crippen LogP contribution in [0.2, 0.25) is 0 Å². The molecular formula is C38H41BN6. The predicted molar refractivity (Wildman–Crippen MR) is 187 cm³/mol. The molecule has 0 fully saturated rings. The molecule has 7 heteroatoms. The molecule has 0 saturated carbocycles. The molecule has 0 bridgehead atoms. The first-order chi connectivity index (χ1) is 21.7. The van der Waals surface area contributed by atoms with Gasteiger partial charge >= 0.3 is 6.98 Å². The average molecular weight is 593 g/mol. The van der Waals surface area contributed by atoms with Crippen molar-refractivity contribution in [2.24, 2.45) is 0 Å². The van der Waals surface area contributed by atoms with Crippen molar-refractivity contribution in [2.75, 3.05) is 11.9 Å². The summed E-state index contributed by atoms with van der Waals surface area (Å²) in [7, 11) is 2.19. The lowest BCUT2D eigenvalue weighted by atomic mass is 9.60. The van der Waals surface area contributed by atoms with E-state index < -0.39 is 0 Å². The van der Waals surface area contributed by atoms with Gasteiger partial charge in [-0.2, -0.15) is 0 Å². The van der Waals surface area contributed by atoms with Crippen molar-refractivity contribution in [3.63, 3.8) is 0 Å². The first kappa shape index (κ1) is 29.0. The van der Waals surface area contributed by atoms with Crippen LogP contribution in [-0.2, 0) is 6.42 Å². The molecule has 1 aliphatic rings. The van der Waals surface area contributed by atoms with E-state index in [2.05, 4.69) is 147 Å². The lowest BCUT2D eigenvalue weighted by molar-refractivity contribution is 0.806. The van der Waals surface area contributed by atoms with Crippen LogP contribution in [-0.4, -0.2) is 38.0 Å². The zero-order chi connectivity index (χ0) is 31.4. The van der Waals surface area contributed by atoms with Crippen molar-refractivity contribution in [3.05, 3.63) is 125 Å². The van der Waals surface area contributed by atoms with Crippen LogP contribution in [0.4, 0.5) is 5.69 Å². The minimum atomic E-state index is 0.0637. The van der Waals surface area contributed by atoms with Gasteiger partial charge in [0.1, 0.15) is 5.82 Å². The highest BCUT2D eigenvalue weighted by atomic mass is 15.2. The largest absolute Gasteiger partial charge is 0.417 e. The lowest BCUT2D eigenvalue weighted by Crippen LogP contribution is -2.56. The number of anilines is 1. The molecule has 45 heavy (non-hydrogen) atoms. The number of nitrogens with one attached hydrogen (secondary N) is 1. The molecule has 0 spiro atoms. The Morgan fingerprint density at radius 3 is 2.16 bits per heavy atom. The molecule has 4 heterocycles. The van der Waals surface area contributed by atoms with Crippen LogP contribution in [0.3, 0.4) is 0 Å². The normalized spacial score (nSPS) is 12.7. The van der Waals surface area contributed by atoms with Gasteiger partial charge in [0, 0.05) is 48.2 Å². The van der Waals surface area contributed by atoms with Crippen LogP contribution in [0, 0.1) is 13.8 Å². The van der Waals surface area contributed by atoms with Crippen molar-refractivity contribution >= 4 is 18.1 Å². The molecule has 6 aromatic rings. The molecule has 0 unspecified atom stereocenters. The number of fused-ring (bicyclic) bond motifs is 3. The summed E-state index contributed by atoms with van der Waals surface area (Å²) in [6.45, 7) is 13.5. The van der Waals surface area contributed by atoms with Crippen LogP contribution in [0.5, 0.6) is 0 Å². The topological polar surface area (TPSA) is 54.7 Å². The van der Waals surface area contributed by atoms with E-state index in [1.165, 1.54) is 44.7 Å². The number of hydrogen-bond acceptors (Lipinski definition) is 3. The number of rotatable bonds is 7. The third-order valence-electron chi connectivity index (χ3n) is 9.39. The van der Waals surface area contributed by atoms with E-state index in [1.807, 2.05) is 12.4 Å². The number of hydrogen-bond donors (Lipinski definition) is 1. The summed E-state index contributed by atoms with van der Waals surface area (Å²) in [4.78, 5) is 15.8. The van der Waals surface area contributed by atoms with Crippen LogP contribution in [0.25, 0.3) is 28.6 Å². The summed E-state index contributed by atoms with van der Waals surface area (Å²) in [5, 5.41) is 0. The second-order valence-corrected chi connectivity index (χ2v) is 13.1. The summed E-state index contributed by atoms with van der Waals surface area (Å²) in [6, 6.07) is 24.4. The zero-order valence-electron chi connectivity index (χ0n) is 27.3. The van der Waals surface area contributed by atoms with E-state index in [-0.39, 0.29) is 6.98 Å². The fraction of sp³-hybridized carbons (Fsp3) is 0.263. The molecule has 3 aromatic heterocycles. The van der Waals surface area contributed by atoms with Gasteiger partial charge in [0.2, 0.25) is 0 Å². The third-order valence-corrected chi connectivity index (χ3v) is 9.39. The van der Waals surface area contributed by atoms with Crippen LogP contribution >= 0.6 is 0 Å². The molecule has 7 rings (SSSR count). The maximum atomic E-state index is 4.85. The highest BCUT2D eigenvalue weighted by Crippen LogP contribution is 2.37. The van der Waals surface area contributed by atoms with E-state index >= 15 is 0 Å². The Morgan fingerprint density at radius 1 is 0.778 bits per heavy atom. The molecule has 1 N–H and O–H groups in total. The Morgan fingerprint density at radius 2 is 1.44 bits per heavy atom. The monoisotopic (exact) mass is 592 g/mol. The van der Waals surface area contributed by atoms with E-state index in [4.69, 9.17) is 9.97 Å². The van der Waals surface area contributed by atoms with Gasteiger partial charge in [-0.15, -0.1) is 0 Å². The number of para-hydroxylation sites is 1. The average Bonchev–Trinajstić information content (AvgIpc) is 3.79. The Labute approximate surface area is 266 Å². The van der Waals surface area contributed by atoms with Gasteiger partial charge in [-0.1, -0.05) is 81.3 Å². The zero-order valence-corrected chi connectivity index (χ0v) is 27.3. The summed E-state index contributed by atoms with van der Waals surface area (Å²) >= 11 is 0. The second-order valence-electron chi connectivity index (χ2n) is 13.1. The molecule has 1 aliphatic heterocycles. The van der Waals surface area contributed by atoms with Gasteiger partial charge < -0.3 is 14.3 Å². The van der Waals surface area contributed by atoms with Gasteiger partial charge in [-0.3, -0.25) is 4.57 Å². The number of aromatic amines is 1. The smallest absolute Gasteiger partial charge is 0.394 e. The van der Waals surface area contributed by atoms with Gasteiger partial charge in [0.05, 0.1) is 11.4 Å². The van der Waals surface area contributed by atoms with Crippen molar-refractivity contribution in [1.29, 1.82) is 0 Å². The van der Waals surface area contributed by atoms with E-state index in [0.29, 0.717) is 11.8 Å². The number of nitrogens with zero attached hydrogens (tertiary/aromatic N) is 5. The van der Waals surface area contributed by atoms with E-state index in [0.717, 1.165) is 35.0 Å². The van der Waals surface area contributed by atoms with Crippen molar-refractivity contribution in [1.82, 2.24) is 24.0 Å². The maximum absolute atomic E-state index is 4.85. The number of H-pyrrole nitrogens is 1. The van der Waals surface area contributed by atoms with Crippen LogP contribution in [0.1, 0.15) is 73.0 Å². The van der Waals surface area contributed by atoms with Gasteiger partial charge in [0.15, 0.2) is 5.82 Å². The Hall–Kier alpha value is -4.78. The molecule has 0 amide bonds. The van der Waals surface area contributed by atoms with Crippen LogP contribution in [0.15, 0.2) is 91.5 Å². The minimum absolute atomic E-state index is 0.0637. The Balaban J connectivity index is 1.21. The number of aryl methyl sites for hydroxylation is 2. The number of aromatic nitrogens is 5. The van der Waals surface area contributed by atoms with E-state index in [1.54, 1.807) is 0 Å². The summed E-state index contributed by atoms with van der Waals surface area (Å²) in [5.41, 5.74) is 13.6. The fourth-order valence-corrected chi connectivity index (χ4v) is 7.15. The molecule has 0 aliphatic carbocycles. The van der Waals surface area contributed by atoms with Crippen LogP contribution < -0.4 is 10.3 Å². The maximum Gasteiger partial charge on any atom is 0.417 e. The summed E-state index contributed by atoms with van der Waals surface area (Å²) in [6.07, 6.45) is 8.83. The van der Waals surface area contributed by atoms with Crippen molar-refractivity contribution < 1.29 is 0 Å². The SMILES string of the molecule is Cc1cccc(C)c1B1N(C)c2ccc(Cc3ccc(-c4nccn4-c4c(C(C)C)cccc4C(C)C)[nH]3)cc2-c2nccn21. The Kier molecular flexibility index (Phi) is 7.27. The van der Waals surface area contributed by atoms with E-state index in [9.17, 15) is 0 Å². The molecular weight excluding hydrogens is 551 g/mol.